The molecule has 6 nitrogen and oxygen atoms in total. The van der Waals surface area contributed by atoms with E-state index < -0.39 is 0 Å². The van der Waals surface area contributed by atoms with E-state index in [-0.39, 0.29) is 24.5 Å². The molecule has 1 aliphatic carbocycles. The first kappa shape index (κ1) is 17.7. The SMILES string of the molecule is CCOC(=O)c1c(C2CC2)csc1NC(=O)CN[C@@H](C)c1ccco1. The van der Waals surface area contributed by atoms with Crippen LogP contribution in [0.4, 0.5) is 5.00 Å². The first-order valence-electron chi connectivity index (χ1n) is 8.45. The van der Waals surface area contributed by atoms with Crippen LogP contribution >= 0.6 is 11.3 Å². The molecule has 0 aromatic carbocycles. The van der Waals surface area contributed by atoms with Crippen molar-refractivity contribution in [2.24, 2.45) is 0 Å². The Balaban J connectivity index is 1.63. The molecule has 2 aromatic heterocycles. The van der Waals surface area contributed by atoms with Gasteiger partial charge in [-0.15, -0.1) is 11.3 Å². The summed E-state index contributed by atoms with van der Waals surface area (Å²) < 4.78 is 10.5. The van der Waals surface area contributed by atoms with Gasteiger partial charge in [-0.3, -0.25) is 10.1 Å². The van der Waals surface area contributed by atoms with Crippen molar-refractivity contribution in [3.05, 3.63) is 40.7 Å². The summed E-state index contributed by atoms with van der Waals surface area (Å²) >= 11 is 1.38. The van der Waals surface area contributed by atoms with Gasteiger partial charge in [-0.25, -0.2) is 4.79 Å². The van der Waals surface area contributed by atoms with Crippen LogP contribution in [0.25, 0.3) is 0 Å². The molecule has 0 radical (unpaired) electrons. The molecule has 1 fully saturated rings. The van der Waals surface area contributed by atoms with Crippen molar-refractivity contribution in [1.29, 1.82) is 0 Å². The van der Waals surface area contributed by atoms with Gasteiger partial charge in [0.25, 0.3) is 0 Å². The molecule has 1 atom stereocenters. The van der Waals surface area contributed by atoms with Gasteiger partial charge in [0.05, 0.1) is 31.0 Å². The molecule has 25 heavy (non-hydrogen) atoms. The highest BCUT2D eigenvalue weighted by Crippen LogP contribution is 2.46. The van der Waals surface area contributed by atoms with E-state index in [2.05, 4.69) is 10.6 Å². The van der Waals surface area contributed by atoms with Crippen molar-refractivity contribution in [1.82, 2.24) is 5.32 Å². The summed E-state index contributed by atoms with van der Waals surface area (Å²) in [5.41, 5.74) is 1.51. The predicted molar refractivity (Wildman–Crippen MR) is 96.0 cm³/mol. The average molecular weight is 362 g/mol. The number of furan rings is 1. The summed E-state index contributed by atoms with van der Waals surface area (Å²) in [6.45, 7) is 4.14. The van der Waals surface area contributed by atoms with E-state index >= 15 is 0 Å². The Morgan fingerprint density at radius 1 is 1.44 bits per heavy atom. The van der Waals surface area contributed by atoms with Crippen LogP contribution in [-0.4, -0.2) is 25.0 Å². The minimum absolute atomic E-state index is 0.0735. The lowest BCUT2D eigenvalue weighted by molar-refractivity contribution is -0.115. The van der Waals surface area contributed by atoms with Gasteiger partial charge in [0.2, 0.25) is 5.91 Å². The summed E-state index contributed by atoms with van der Waals surface area (Å²) in [4.78, 5) is 24.6. The number of esters is 1. The maximum atomic E-state index is 12.3. The number of rotatable bonds is 8. The normalized spacial score (nSPS) is 15.0. The molecule has 2 N–H and O–H groups in total. The van der Waals surface area contributed by atoms with Crippen LogP contribution in [0.2, 0.25) is 0 Å². The second-order valence-electron chi connectivity index (χ2n) is 6.06. The van der Waals surface area contributed by atoms with Gasteiger partial charge < -0.3 is 14.5 Å². The number of thiophene rings is 1. The monoisotopic (exact) mass is 362 g/mol. The molecule has 0 aliphatic heterocycles. The Hall–Kier alpha value is -2.12. The Kier molecular flexibility index (Phi) is 5.55. The van der Waals surface area contributed by atoms with E-state index in [9.17, 15) is 9.59 Å². The second kappa shape index (κ2) is 7.84. The number of amides is 1. The summed E-state index contributed by atoms with van der Waals surface area (Å²) in [7, 11) is 0. The van der Waals surface area contributed by atoms with Crippen molar-refractivity contribution in [2.75, 3.05) is 18.5 Å². The van der Waals surface area contributed by atoms with Crippen molar-refractivity contribution in [3.63, 3.8) is 0 Å². The maximum Gasteiger partial charge on any atom is 0.341 e. The lowest BCUT2D eigenvalue weighted by Gasteiger charge is -2.12. The molecular weight excluding hydrogens is 340 g/mol. The van der Waals surface area contributed by atoms with E-state index in [1.165, 1.54) is 11.3 Å². The fourth-order valence-corrected chi connectivity index (χ4v) is 3.67. The fourth-order valence-electron chi connectivity index (χ4n) is 2.63. The zero-order valence-electron chi connectivity index (χ0n) is 14.3. The Labute approximate surface area is 150 Å². The summed E-state index contributed by atoms with van der Waals surface area (Å²) in [5.74, 6) is 0.622. The van der Waals surface area contributed by atoms with Crippen LogP contribution in [-0.2, 0) is 9.53 Å². The summed E-state index contributed by atoms with van der Waals surface area (Å²) in [6, 6.07) is 3.59. The molecule has 0 unspecified atom stereocenters. The van der Waals surface area contributed by atoms with Crippen LogP contribution in [0, 0.1) is 0 Å². The predicted octanol–water partition coefficient (Wildman–Crippen LogP) is 3.68. The molecule has 0 saturated heterocycles. The number of carbonyl (C=O) groups is 2. The van der Waals surface area contributed by atoms with Gasteiger partial charge in [-0.2, -0.15) is 0 Å². The molecule has 0 spiro atoms. The van der Waals surface area contributed by atoms with Crippen LogP contribution in [0.15, 0.2) is 28.2 Å². The van der Waals surface area contributed by atoms with Crippen molar-refractivity contribution < 1.29 is 18.7 Å². The molecule has 134 valence electrons. The molecule has 7 heteroatoms. The molecule has 2 aromatic rings. The molecular formula is C18H22N2O4S. The number of carbonyl (C=O) groups excluding carboxylic acids is 2. The number of hydrogen-bond acceptors (Lipinski definition) is 6. The zero-order chi connectivity index (χ0) is 17.8. The number of ether oxygens (including phenoxy) is 1. The van der Waals surface area contributed by atoms with Gasteiger partial charge >= 0.3 is 5.97 Å². The third-order valence-electron chi connectivity index (χ3n) is 4.11. The van der Waals surface area contributed by atoms with Crippen molar-refractivity contribution in [2.45, 2.75) is 38.6 Å². The molecule has 1 amide bonds. The van der Waals surface area contributed by atoms with Crippen LogP contribution < -0.4 is 10.6 Å². The van der Waals surface area contributed by atoms with Gasteiger partial charge in [0.15, 0.2) is 0 Å². The smallest absolute Gasteiger partial charge is 0.341 e. The lowest BCUT2D eigenvalue weighted by Crippen LogP contribution is -2.30. The Morgan fingerprint density at radius 2 is 2.24 bits per heavy atom. The van der Waals surface area contributed by atoms with Crippen LogP contribution in [0.5, 0.6) is 0 Å². The quantitative estimate of drug-likeness (QED) is 0.700. The zero-order valence-corrected chi connectivity index (χ0v) is 15.2. The number of nitrogens with one attached hydrogen (secondary N) is 2. The summed E-state index contributed by atoms with van der Waals surface area (Å²) in [6.07, 6.45) is 3.77. The highest BCUT2D eigenvalue weighted by Gasteiger charge is 2.32. The van der Waals surface area contributed by atoms with E-state index in [4.69, 9.17) is 9.15 Å². The van der Waals surface area contributed by atoms with Crippen LogP contribution in [0.3, 0.4) is 0 Å². The minimum Gasteiger partial charge on any atom is -0.468 e. The largest absolute Gasteiger partial charge is 0.468 e. The molecule has 1 aliphatic rings. The van der Waals surface area contributed by atoms with E-state index in [0.29, 0.717) is 23.1 Å². The number of hydrogen-bond donors (Lipinski definition) is 2. The minimum atomic E-state index is -0.363. The Morgan fingerprint density at radius 3 is 2.88 bits per heavy atom. The topological polar surface area (TPSA) is 80.6 Å². The van der Waals surface area contributed by atoms with Gasteiger partial charge in [-0.1, -0.05) is 0 Å². The summed E-state index contributed by atoms with van der Waals surface area (Å²) in [5, 5.41) is 8.47. The maximum absolute atomic E-state index is 12.3. The van der Waals surface area contributed by atoms with E-state index in [1.807, 2.05) is 24.4 Å². The second-order valence-corrected chi connectivity index (χ2v) is 6.94. The molecule has 2 heterocycles. The third kappa shape index (κ3) is 4.29. The van der Waals surface area contributed by atoms with Gasteiger partial charge in [0, 0.05) is 0 Å². The van der Waals surface area contributed by atoms with E-state index in [0.717, 1.165) is 24.2 Å². The van der Waals surface area contributed by atoms with Gasteiger partial charge in [-0.05, 0) is 55.7 Å². The van der Waals surface area contributed by atoms with Crippen LogP contribution in [0.1, 0.15) is 60.3 Å². The van der Waals surface area contributed by atoms with Crippen molar-refractivity contribution >= 4 is 28.2 Å². The first-order valence-corrected chi connectivity index (χ1v) is 9.33. The Bertz CT molecular complexity index is 734. The average Bonchev–Trinajstić information content (AvgIpc) is 3.12. The van der Waals surface area contributed by atoms with Gasteiger partial charge in [0.1, 0.15) is 10.8 Å². The molecule has 3 rings (SSSR count). The van der Waals surface area contributed by atoms with E-state index in [1.54, 1.807) is 13.2 Å². The first-order chi connectivity index (χ1) is 12.1. The van der Waals surface area contributed by atoms with Crippen molar-refractivity contribution in [3.8, 4) is 0 Å². The highest BCUT2D eigenvalue weighted by atomic mass is 32.1. The fraction of sp³-hybridized carbons (Fsp3) is 0.444. The molecule has 0 bridgehead atoms. The third-order valence-corrected chi connectivity index (χ3v) is 5.02. The lowest BCUT2D eigenvalue weighted by atomic mass is 10.1. The highest BCUT2D eigenvalue weighted by molar-refractivity contribution is 7.15. The standard InChI is InChI=1S/C18H22N2O4S/c1-3-23-18(22)16-13(12-6-7-12)10-25-17(16)20-15(21)9-19-11(2)14-5-4-8-24-14/h4-5,8,10-12,19H,3,6-7,9H2,1-2H3,(H,20,21)/t11-/m0/s1. The molecule has 1 saturated carbocycles. The number of anilines is 1.